The minimum atomic E-state index is 0.265. The summed E-state index contributed by atoms with van der Waals surface area (Å²) in [5.74, 6) is 0.265. The molecule has 0 spiro atoms. The standard InChI is InChI=1S/C16H26N2O/c1-5-7-8-16(19)18(6-2)13-14-9-11-15(12-10-14)17(3)4/h9-12H,5-8,13H2,1-4H3. The van der Waals surface area contributed by atoms with Crippen LogP contribution in [0.3, 0.4) is 0 Å². The molecule has 0 aliphatic rings. The number of benzene rings is 1. The highest BCUT2D eigenvalue weighted by Gasteiger charge is 2.11. The summed E-state index contributed by atoms with van der Waals surface area (Å²) >= 11 is 0. The average Bonchev–Trinajstić information content (AvgIpc) is 2.42. The van der Waals surface area contributed by atoms with Crippen LogP contribution in [-0.4, -0.2) is 31.4 Å². The maximum atomic E-state index is 12.0. The number of rotatable bonds is 7. The highest BCUT2D eigenvalue weighted by Crippen LogP contribution is 2.14. The Hall–Kier alpha value is -1.51. The molecular formula is C16H26N2O. The first-order valence-corrected chi connectivity index (χ1v) is 7.12. The predicted molar refractivity (Wildman–Crippen MR) is 81.4 cm³/mol. The van der Waals surface area contributed by atoms with Crippen LogP contribution in [0.5, 0.6) is 0 Å². The normalized spacial score (nSPS) is 10.3. The molecule has 3 nitrogen and oxygen atoms in total. The molecule has 0 aliphatic carbocycles. The van der Waals surface area contributed by atoms with Crippen molar-refractivity contribution in [3.8, 4) is 0 Å². The second kappa shape index (κ2) is 7.82. The molecule has 0 atom stereocenters. The van der Waals surface area contributed by atoms with Crippen LogP contribution < -0.4 is 4.90 Å². The lowest BCUT2D eigenvalue weighted by atomic mass is 10.1. The predicted octanol–water partition coefficient (Wildman–Crippen LogP) is 3.29. The number of hydrogen-bond acceptors (Lipinski definition) is 2. The summed E-state index contributed by atoms with van der Waals surface area (Å²) in [6.45, 7) is 5.65. The summed E-state index contributed by atoms with van der Waals surface area (Å²) in [5, 5.41) is 0. The van der Waals surface area contributed by atoms with E-state index in [9.17, 15) is 4.79 Å². The molecule has 106 valence electrons. The number of amides is 1. The summed E-state index contributed by atoms with van der Waals surface area (Å²) in [6, 6.07) is 8.40. The van der Waals surface area contributed by atoms with Gasteiger partial charge in [0, 0.05) is 39.3 Å². The van der Waals surface area contributed by atoms with E-state index in [-0.39, 0.29) is 5.91 Å². The molecule has 0 saturated carbocycles. The van der Waals surface area contributed by atoms with E-state index in [4.69, 9.17) is 0 Å². The lowest BCUT2D eigenvalue weighted by Crippen LogP contribution is -2.30. The van der Waals surface area contributed by atoms with Crippen molar-refractivity contribution < 1.29 is 4.79 Å². The molecule has 0 fully saturated rings. The van der Waals surface area contributed by atoms with Gasteiger partial charge >= 0.3 is 0 Å². The lowest BCUT2D eigenvalue weighted by molar-refractivity contribution is -0.131. The Labute approximate surface area is 117 Å². The fraction of sp³-hybridized carbons (Fsp3) is 0.562. The zero-order chi connectivity index (χ0) is 14.3. The van der Waals surface area contributed by atoms with E-state index in [1.165, 1.54) is 11.3 Å². The Morgan fingerprint density at radius 3 is 2.21 bits per heavy atom. The Kier molecular flexibility index (Phi) is 6.40. The molecule has 1 amide bonds. The second-order valence-electron chi connectivity index (χ2n) is 5.07. The zero-order valence-electron chi connectivity index (χ0n) is 12.6. The minimum Gasteiger partial charge on any atom is -0.378 e. The molecule has 1 rings (SSSR count). The fourth-order valence-electron chi connectivity index (χ4n) is 1.98. The van der Waals surface area contributed by atoms with E-state index in [1.54, 1.807) is 0 Å². The van der Waals surface area contributed by atoms with E-state index in [1.807, 2.05) is 25.9 Å². The van der Waals surface area contributed by atoms with E-state index < -0.39 is 0 Å². The SMILES string of the molecule is CCCCC(=O)N(CC)Cc1ccc(N(C)C)cc1. The van der Waals surface area contributed by atoms with E-state index in [0.717, 1.165) is 19.4 Å². The summed E-state index contributed by atoms with van der Waals surface area (Å²) in [5.41, 5.74) is 2.38. The molecule has 0 aromatic heterocycles. The van der Waals surface area contributed by atoms with Crippen LogP contribution in [0.25, 0.3) is 0 Å². The Balaban J connectivity index is 2.62. The molecule has 0 N–H and O–H groups in total. The maximum Gasteiger partial charge on any atom is 0.222 e. The molecule has 0 bridgehead atoms. The van der Waals surface area contributed by atoms with Gasteiger partial charge in [0.2, 0.25) is 5.91 Å². The van der Waals surface area contributed by atoms with Gasteiger partial charge in [-0.25, -0.2) is 0 Å². The van der Waals surface area contributed by atoms with Gasteiger partial charge in [-0.2, -0.15) is 0 Å². The summed E-state index contributed by atoms with van der Waals surface area (Å²) in [6.07, 6.45) is 2.72. The van der Waals surface area contributed by atoms with Gasteiger partial charge in [-0.15, -0.1) is 0 Å². The van der Waals surface area contributed by atoms with Crippen molar-refractivity contribution in [1.29, 1.82) is 0 Å². The van der Waals surface area contributed by atoms with Crippen molar-refractivity contribution >= 4 is 11.6 Å². The van der Waals surface area contributed by atoms with E-state index in [0.29, 0.717) is 13.0 Å². The van der Waals surface area contributed by atoms with E-state index in [2.05, 4.69) is 36.1 Å². The molecule has 0 radical (unpaired) electrons. The third-order valence-electron chi connectivity index (χ3n) is 3.30. The monoisotopic (exact) mass is 262 g/mol. The lowest BCUT2D eigenvalue weighted by Gasteiger charge is -2.21. The van der Waals surface area contributed by atoms with Crippen LogP contribution in [0.2, 0.25) is 0 Å². The number of hydrogen-bond donors (Lipinski definition) is 0. The van der Waals surface area contributed by atoms with Crippen LogP contribution in [0, 0.1) is 0 Å². The summed E-state index contributed by atoms with van der Waals surface area (Å²) in [4.78, 5) is 16.0. The Morgan fingerprint density at radius 1 is 1.11 bits per heavy atom. The zero-order valence-corrected chi connectivity index (χ0v) is 12.6. The van der Waals surface area contributed by atoms with Gasteiger partial charge in [0.15, 0.2) is 0 Å². The third kappa shape index (κ3) is 4.93. The highest BCUT2D eigenvalue weighted by molar-refractivity contribution is 5.76. The van der Waals surface area contributed by atoms with Gasteiger partial charge in [0.05, 0.1) is 0 Å². The first-order valence-electron chi connectivity index (χ1n) is 7.12. The average molecular weight is 262 g/mol. The van der Waals surface area contributed by atoms with Crippen LogP contribution in [-0.2, 0) is 11.3 Å². The van der Waals surface area contributed by atoms with Crippen LogP contribution in [0.4, 0.5) is 5.69 Å². The number of nitrogens with zero attached hydrogens (tertiary/aromatic N) is 2. The van der Waals surface area contributed by atoms with Gasteiger partial charge in [0.1, 0.15) is 0 Å². The molecule has 1 aromatic rings. The second-order valence-corrected chi connectivity index (χ2v) is 5.07. The molecule has 19 heavy (non-hydrogen) atoms. The third-order valence-corrected chi connectivity index (χ3v) is 3.30. The van der Waals surface area contributed by atoms with Crippen molar-refractivity contribution in [2.45, 2.75) is 39.7 Å². The minimum absolute atomic E-state index is 0.265. The number of carbonyl (C=O) groups excluding carboxylic acids is 1. The quantitative estimate of drug-likeness (QED) is 0.753. The first-order chi connectivity index (χ1) is 9.08. The highest BCUT2D eigenvalue weighted by atomic mass is 16.2. The summed E-state index contributed by atoms with van der Waals surface area (Å²) in [7, 11) is 4.06. The van der Waals surface area contributed by atoms with Crippen LogP contribution in [0.1, 0.15) is 38.7 Å². The van der Waals surface area contributed by atoms with Crippen molar-refractivity contribution in [2.75, 3.05) is 25.5 Å². The van der Waals surface area contributed by atoms with E-state index >= 15 is 0 Å². The summed E-state index contributed by atoms with van der Waals surface area (Å²) < 4.78 is 0. The van der Waals surface area contributed by atoms with Gasteiger partial charge < -0.3 is 9.80 Å². The number of anilines is 1. The molecule has 0 saturated heterocycles. The Morgan fingerprint density at radius 2 is 1.74 bits per heavy atom. The van der Waals surface area contributed by atoms with Crippen molar-refractivity contribution in [3.05, 3.63) is 29.8 Å². The fourth-order valence-corrected chi connectivity index (χ4v) is 1.98. The van der Waals surface area contributed by atoms with Crippen molar-refractivity contribution in [1.82, 2.24) is 4.90 Å². The largest absolute Gasteiger partial charge is 0.378 e. The van der Waals surface area contributed by atoms with Gasteiger partial charge in [-0.3, -0.25) is 4.79 Å². The van der Waals surface area contributed by atoms with Crippen molar-refractivity contribution in [2.24, 2.45) is 0 Å². The first kappa shape index (κ1) is 15.5. The van der Waals surface area contributed by atoms with Crippen LogP contribution >= 0.6 is 0 Å². The molecule has 3 heteroatoms. The molecule has 0 unspecified atom stereocenters. The van der Waals surface area contributed by atoms with Gasteiger partial charge in [0.25, 0.3) is 0 Å². The molecular weight excluding hydrogens is 236 g/mol. The number of unbranched alkanes of at least 4 members (excludes halogenated alkanes) is 1. The molecule has 1 aromatic carbocycles. The van der Waals surface area contributed by atoms with Crippen LogP contribution in [0.15, 0.2) is 24.3 Å². The van der Waals surface area contributed by atoms with Gasteiger partial charge in [-0.1, -0.05) is 25.5 Å². The smallest absolute Gasteiger partial charge is 0.222 e. The number of carbonyl (C=O) groups is 1. The van der Waals surface area contributed by atoms with Crippen molar-refractivity contribution in [3.63, 3.8) is 0 Å². The molecule has 0 heterocycles. The Bertz CT molecular complexity index is 384. The molecule has 0 aliphatic heterocycles. The topological polar surface area (TPSA) is 23.6 Å². The van der Waals surface area contributed by atoms with Gasteiger partial charge in [-0.05, 0) is 31.0 Å². The maximum absolute atomic E-state index is 12.0.